The predicted molar refractivity (Wildman–Crippen MR) is 124 cm³/mol. The maximum Gasteiger partial charge on any atom is 0.269 e. The zero-order valence-corrected chi connectivity index (χ0v) is 18.8. The summed E-state index contributed by atoms with van der Waals surface area (Å²) in [5.41, 5.74) is 0.463. The van der Waals surface area contributed by atoms with Crippen molar-refractivity contribution in [1.29, 1.82) is 0 Å². The van der Waals surface area contributed by atoms with Crippen LogP contribution in [0.2, 0.25) is 0 Å². The quantitative estimate of drug-likeness (QED) is 0.161. The van der Waals surface area contributed by atoms with E-state index in [1.165, 1.54) is 101 Å². The average Bonchev–Trinajstić information content (AvgIpc) is 2.73. The van der Waals surface area contributed by atoms with Gasteiger partial charge in [-0.1, -0.05) is 71.1 Å². The third-order valence-corrected chi connectivity index (χ3v) is 6.14. The standard InChI is InChI=1S/C23H38N2O3S/c1-2-3-4-5-6-7-8-9-10-11-12-19-29-20-13-18-24-23(26)21-14-16-22(17-15-21)25(27)28/h14-17H,2-13,18-20H2,1H3,(H,24,26). The van der Waals surface area contributed by atoms with Crippen LogP contribution < -0.4 is 5.32 Å². The van der Waals surface area contributed by atoms with Crippen molar-refractivity contribution in [3.05, 3.63) is 39.9 Å². The van der Waals surface area contributed by atoms with Crippen LogP contribution in [0.1, 0.15) is 94.3 Å². The molecule has 0 radical (unpaired) electrons. The zero-order valence-electron chi connectivity index (χ0n) is 18.0. The summed E-state index contributed by atoms with van der Waals surface area (Å²) in [6, 6.07) is 5.71. The molecule has 0 bridgehead atoms. The predicted octanol–water partition coefficient (Wildman–Crippen LogP) is 6.76. The molecule has 0 spiro atoms. The molecule has 1 aromatic carbocycles. The fourth-order valence-corrected chi connectivity index (χ4v) is 4.14. The van der Waals surface area contributed by atoms with Crippen molar-refractivity contribution in [1.82, 2.24) is 5.32 Å². The van der Waals surface area contributed by atoms with Gasteiger partial charge in [0.15, 0.2) is 0 Å². The number of hydrogen-bond donors (Lipinski definition) is 1. The Bertz CT molecular complexity index is 564. The maximum absolute atomic E-state index is 12.0. The van der Waals surface area contributed by atoms with Crippen LogP contribution >= 0.6 is 11.8 Å². The highest BCUT2D eigenvalue weighted by Crippen LogP contribution is 2.14. The number of nitrogens with zero attached hydrogens (tertiary/aromatic N) is 1. The molecule has 0 saturated heterocycles. The van der Waals surface area contributed by atoms with Gasteiger partial charge in [-0.05, 0) is 36.5 Å². The highest BCUT2D eigenvalue weighted by Gasteiger charge is 2.08. The van der Waals surface area contributed by atoms with Gasteiger partial charge < -0.3 is 5.32 Å². The van der Waals surface area contributed by atoms with Crippen molar-refractivity contribution >= 4 is 23.4 Å². The van der Waals surface area contributed by atoms with Crippen LogP contribution in [0.15, 0.2) is 24.3 Å². The van der Waals surface area contributed by atoms with Crippen LogP contribution in [0.3, 0.4) is 0 Å². The Hall–Kier alpha value is -1.56. The molecule has 0 unspecified atom stereocenters. The minimum Gasteiger partial charge on any atom is -0.352 e. The number of benzene rings is 1. The van der Waals surface area contributed by atoms with Crippen molar-refractivity contribution in [2.75, 3.05) is 18.1 Å². The Morgan fingerprint density at radius 3 is 1.93 bits per heavy atom. The Kier molecular flexibility index (Phi) is 15.2. The lowest BCUT2D eigenvalue weighted by molar-refractivity contribution is -0.384. The largest absolute Gasteiger partial charge is 0.352 e. The van der Waals surface area contributed by atoms with Gasteiger partial charge in [-0.15, -0.1) is 0 Å². The first-order valence-electron chi connectivity index (χ1n) is 11.3. The summed E-state index contributed by atoms with van der Waals surface area (Å²) in [5, 5.41) is 13.5. The zero-order chi connectivity index (χ0) is 21.2. The van der Waals surface area contributed by atoms with Crippen LogP contribution in [0, 0.1) is 10.1 Å². The molecule has 0 saturated carbocycles. The lowest BCUT2D eigenvalue weighted by Crippen LogP contribution is -2.24. The van der Waals surface area contributed by atoms with Gasteiger partial charge in [0.25, 0.3) is 11.6 Å². The first kappa shape index (κ1) is 25.5. The Morgan fingerprint density at radius 1 is 0.862 bits per heavy atom. The van der Waals surface area contributed by atoms with Gasteiger partial charge in [0.1, 0.15) is 0 Å². The molecule has 164 valence electrons. The Labute approximate surface area is 180 Å². The highest BCUT2D eigenvalue weighted by molar-refractivity contribution is 7.99. The number of hydrogen-bond acceptors (Lipinski definition) is 4. The van der Waals surface area contributed by atoms with Crippen molar-refractivity contribution in [2.45, 2.75) is 84.0 Å². The number of nitrogens with one attached hydrogen (secondary N) is 1. The number of rotatable bonds is 18. The maximum atomic E-state index is 12.0. The molecule has 1 N–H and O–H groups in total. The Balaban J connectivity index is 1.87. The van der Waals surface area contributed by atoms with Gasteiger partial charge in [0.2, 0.25) is 0 Å². The molecule has 1 rings (SSSR count). The van der Waals surface area contributed by atoms with Crippen LogP contribution in [0.25, 0.3) is 0 Å². The van der Waals surface area contributed by atoms with E-state index in [4.69, 9.17) is 0 Å². The lowest BCUT2D eigenvalue weighted by Gasteiger charge is -2.06. The number of nitro groups is 1. The van der Waals surface area contributed by atoms with Gasteiger partial charge in [-0.3, -0.25) is 14.9 Å². The van der Waals surface area contributed by atoms with E-state index in [1.807, 2.05) is 11.8 Å². The number of nitro benzene ring substituents is 1. The lowest BCUT2D eigenvalue weighted by atomic mass is 10.1. The van der Waals surface area contributed by atoms with E-state index < -0.39 is 4.92 Å². The highest BCUT2D eigenvalue weighted by atomic mass is 32.2. The normalized spacial score (nSPS) is 10.8. The summed E-state index contributed by atoms with van der Waals surface area (Å²) in [7, 11) is 0. The Morgan fingerprint density at radius 2 is 1.38 bits per heavy atom. The molecule has 1 aromatic rings. The third-order valence-electron chi connectivity index (χ3n) is 4.98. The molecule has 6 heteroatoms. The molecule has 5 nitrogen and oxygen atoms in total. The summed E-state index contributed by atoms with van der Waals surface area (Å²) >= 11 is 1.96. The summed E-state index contributed by atoms with van der Waals surface area (Å²) in [5.74, 6) is 2.08. The number of non-ortho nitro benzene ring substituents is 1. The van der Waals surface area contributed by atoms with Crippen LogP contribution in [-0.4, -0.2) is 28.9 Å². The molecule has 0 aliphatic carbocycles. The summed E-state index contributed by atoms with van der Waals surface area (Å²) in [6.45, 7) is 2.90. The molecular weight excluding hydrogens is 384 g/mol. The van der Waals surface area contributed by atoms with Gasteiger partial charge in [0.05, 0.1) is 4.92 Å². The van der Waals surface area contributed by atoms with Gasteiger partial charge in [-0.2, -0.15) is 11.8 Å². The van der Waals surface area contributed by atoms with E-state index in [0.29, 0.717) is 12.1 Å². The van der Waals surface area contributed by atoms with E-state index >= 15 is 0 Å². The van der Waals surface area contributed by atoms with E-state index in [2.05, 4.69) is 12.2 Å². The fourth-order valence-electron chi connectivity index (χ4n) is 3.18. The number of carbonyl (C=O) groups is 1. The fraction of sp³-hybridized carbons (Fsp3) is 0.696. The van der Waals surface area contributed by atoms with Crippen LogP contribution in [-0.2, 0) is 0 Å². The van der Waals surface area contributed by atoms with Gasteiger partial charge in [0, 0.05) is 24.2 Å². The molecule has 0 atom stereocenters. The average molecular weight is 423 g/mol. The number of amides is 1. The molecule has 0 aliphatic heterocycles. The monoisotopic (exact) mass is 422 g/mol. The second-order valence-corrected chi connectivity index (χ2v) is 8.79. The van der Waals surface area contributed by atoms with E-state index in [1.54, 1.807) is 0 Å². The summed E-state index contributed by atoms with van der Waals surface area (Å²) < 4.78 is 0. The van der Waals surface area contributed by atoms with E-state index in [-0.39, 0.29) is 11.6 Å². The molecule has 1 amide bonds. The summed E-state index contributed by atoms with van der Waals surface area (Å²) in [4.78, 5) is 22.1. The molecule has 0 fully saturated rings. The van der Waals surface area contributed by atoms with Gasteiger partial charge in [-0.25, -0.2) is 0 Å². The van der Waals surface area contributed by atoms with Crippen molar-refractivity contribution in [2.24, 2.45) is 0 Å². The molecule has 0 aliphatic rings. The number of carbonyl (C=O) groups excluding carboxylic acids is 1. The minimum absolute atomic E-state index is 0.000332. The molecular formula is C23H38N2O3S. The number of unbranched alkanes of at least 4 members (excludes halogenated alkanes) is 10. The van der Waals surface area contributed by atoms with Crippen molar-refractivity contribution < 1.29 is 9.72 Å². The minimum atomic E-state index is -0.464. The first-order valence-corrected chi connectivity index (χ1v) is 12.4. The molecule has 0 aromatic heterocycles. The second-order valence-electron chi connectivity index (χ2n) is 7.56. The first-order chi connectivity index (χ1) is 14.1. The van der Waals surface area contributed by atoms with Crippen molar-refractivity contribution in [3.8, 4) is 0 Å². The third kappa shape index (κ3) is 13.3. The second kappa shape index (κ2) is 17.3. The van der Waals surface area contributed by atoms with Crippen molar-refractivity contribution in [3.63, 3.8) is 0 Å². The molecule has 29 heavy (non-hydrogen) atoms. The molecule has 0 heterocycles. The van der Waals surface area contributed by atoms with Gasteiger partial charge >= 0.3 is 0 Å². The van der Waals surface area contributed by atoms with Crippen LogP contribution in [0.4, 0.5) is 5.69 Å². The smallest absolute Gasteiger partial charge is 0.269 e. The summed E-state index contributed by atoms with van der Waals surface area (Å²) in [6.07, 6.45) is 16.1. The number of thioether (sulfide) groups is 1. The SMILES string of the molecule is CCCCCCCCCCCCCSCCCNC(=O)c1ccc([N+](=O)[O-])cc1. The van der Waals surface area contributed by atoms with E-state index in [0.717, 1.165) is 12.2 Å². The van der Waals surface area contributed by atoms with E-state index in [9.17, 15) is 14.9 Å². The topological polar surface area (TPSA) is 72.2 Å². The van der Waals surface area contributed by atoms with Crippen LogP contribution in [0.5, 0.6) is 0 Å².